The van der Waals surface area contributed by atoms with Crippen LogP contribution in [-0.2, 0) is 0 Å². The normalized spacial score (nSPS) is 11.2. The van der Waals surface area contributed by atoms with Crippen molar-refractivity contribution in [3.05, 3.63) is 76.5 Å². The van der Waals surface area contributed by atoms with E-state index in [-0.39, 0.29) is 17.1 Å². The highest BCUT2D eigenvalue weighted by molar-refractivity contribution is 5.89. The number of nitrogens with zero attached hydrogens (tertiary/aromatic N) is 4. The fourth-order valence-electron chi connectivity index (χ4n) is 3.06. The van der Waals surface area contributed by atoms with Crippen molar-refractivity contribution >= 4 is 23.4 Å². The van der Waals surface area contributed by atoms with Crippen molar-refractivity contribution in [2.45, 2.75) is 0 Å². The maximum absolute atomic E-state index is 11.1. The Morgan fingerprint density at radius 3 is 2.77 bits per heavy atom. The largest absolute Gasteiger partial charge is 0.504 e. The minimum absolute atomic E-state index is 0.00316. The van der Waals surface area contributed by atoms with E-state index in [1.54, 1.807) is 22.7 Å². The maximum atomic E-state index is 11.1. The van der Waals surface area contributed by atoms with E-state index in [2.05, 4.69) is 9.98 Å². The predicted molar refractivity (Wildman–Crippen MR) is 111 cm³/mol. The number of imidazole rings is 1. The van der Waals surface area contributed by atoms with E-state index in [4.69, 9.17) is 4.74 Å². The minimum Gasteiger partial charge on any atom is -0.504 e. The quantitative estimate of drug-likeness (QED) is 0.294. The van der Waals surface area contributed by atoms with Gasteiger partial charge in [0.2, 0.25) is 5.75 Å². The minimum atomic E-state index is -0.658. The summed E-state index contributed by atoms with van der Waals surface area (Å²) >= 11 is 0. The van der Waals surface area contributed by atoms with Gasteiger partial charge in [-0.2, -0.15) is 0 Å². The van der Waals surface area contributed by atoms with Gasteiger partial charge in [0.15, 0.2) is 17.3 Å². The van der Waals surface area contributed by atoms with Crippen LogP contribution in [-0.4, -0.2) is 37.8 Å². The SMILES string of the molecule is COc1cc(-c2nc3ccccn3c2N=Cc2cccc([N+](=O)[O-])c2O)ccc1O. The first-order chi connectivity index (χ1) is 14.5. The fourth-order valence-corrected chi connectivity index (χ4v) is 3.06. The number of phenolic OH excluding ortho intramolecular Hbond substituents is 2. The number of benzene rings is 2. The molecule has 0 atom stereocenters. The Kier molecular flexibility index (Phi) is 4.77. The van der Waals surface area contributed by atoms with Crippen LogP contribution in [0.4, 0.5) is 11.5 Å². The van der Waals surface area contributed by atoms with Crippen molar-refractivity contribution in [2.24, 2.45) is 4.99 Å². The molecule has 0 aliphatic carbocycles. The lowest BCUT2D eigenvalue weighted by molar-refractivity contribution is -0.385. The Hall–Kier alpha value is -4.40. The Morgan fingerprint density at radius 1 is 1.17 bits per heavy atom. The molecule has 2 aromatic heterocycles. The molecule has 9 nitrogen and oxygen atoms in total. The number of aromatic nitrogens is 2. The summed E-state index contributed by atoms with van der Waals surface area (Å²) < 4.78 is 6.93. The van der Waals surface area contributed by atoms with Gasteiger partial charge in [-0.05, 0) is 36.4 Å². The molecule has 150 valence electrons. The number of rotatable bonds is 5. The summed E-state index contributed by atoms with van der Waals surface area (Å²) in [6.07, 6.45) is 3.13. The first-order valence-corrected chi connectivity index (χ1v) is 8.84. The van der Waals surface area contributed by atoms with Gasteiger partial charge >= 0.3 is 5.69 Å². The fraction of sp³-hybridized carbons (Fsp3) is 0.0476. The second-order valence-corrected chi connectivity index (χ2v) is 6.33. The summed E-state index contributed by atoms with van der Waals surface area (Å²) in [7, 11) is 1.45. The second kappa shape index (κ2) is 7.55. The molecule has 0 radical (unpaired) electrons. The van der Waals surface area contributed by atoms with E-state index >= 15 is 0 Å². The van der Waals surface area contributed by atoms with Crippen LogP contribution in [0.25, 0.3) is 16.9 Å². The third-order valence-electron chi connectivity index (χ3n) is 4.53. The number of nitro groups is 1. The van der Waals surface area contributed by atoms with Crippen molar-refractivity contribution in [1.29, 1.82) is 0 Å². The Balaban J connectivity index is 1.87. The molecule has 30 heavy (non-hydrogen) atoms. The van der Waals surface area contributed by atoms with Gasteiger partial charge in [-0.25, -0.2) is 9.98 Å². The molecule has 0 saturated carbocycles. The summed E-state index contributed by atoms with van der Waals surface area (Å²) in [6.45, 7) is 0. The van der Waals surface area contributed by atoms with Crippen molar-refractivity contribution in [3.8, 4) is 28.5 Å². The number of nitro benzene ring substituents is 1. The third kappa shape index (κ3) is 3.28. The zero-order chi connectivity index (χ0) is 21.3. The van der Waals surface area contributed by atoms with Crippen molar-refractivity contribution in [1.82, 2.24) is 9.38 Å². The van der Waals surface area contributed by atoms with Crippen molar-refractivity contribution in [2.75, 3.05) is 7.11 Å². The van der Waals surface area contributed by atoms with Crippen LogP contribution in [0.5, 0.6) is 17.2 Å². The highest BCUT2D eigenvalue weighted by Gasteiger charge is 2.17. The molecule has 0 amide bonds. The van der Waals surface area contributed by atoms with Gasteiger partial charge in [-0.3, -0.25) is 14.5 Å². The number of fused-ring (bicyclic) bond motifs is 1. The van der Waals surface area contributed by atoms with Gasteiger partial charge in [-0.1, -0.05) is 12.1 Å². The van der Waals surface area contributed by atoms with Gasteiger partial charge in [-0.15, -0.1) is 0 Å². The summed E-state index contributed by atoms with van der Waals surface area (Å²) in [4.78, 5) is 19.5. The zero-order valence-electron chi connectivity index (χ0n) is 15.8. The number of pyridine rings is 1. The average molecular weight is 404 g/mol. The molecule has 0 spiro atoms. The Morgan fingerprint density at radius 2 is 2.00 bits per heavy atom. The molecule has 4 aromatic rings. The molecular weight excluding hydrogens is 388 g/mol. The number of methoxy groups -OCH3 is 1. The van der Waals surface area contributed by atoms with E-state index < -0.39 is 16.4 Å². The van der Waals surface area contributed by atoms with Crippen LogP contribution < -0.4 is 4.74 Å². The van der Waals surface area contributed by atoms with Gasteiger partial charge in [0, 0.05) is 29.6 Å². The first kappa shape index (κ1) is 18.9. The van der Waals surface area contributed by atoms with Gasteiger partial charge in [0.25, 0.3) is 0 Å². The molecular formula is C21H16N4O5. The lowest BCUT2D eigenvalue weighted by Gasteiger charge is -2.06. The van der Waals surface area contributed by atoms with Crippen LogP contribution in [0.1, 0.15) is 5.56 Å². The predicted octanol–water partition coefficient (Wildman–Crippen LogP) is 4.08. The first-order valence-electron chi connectivity index (χ1n) is 8.84. The second-order valence-electron chi connectivity index (χ2n) is 6.33. The molecule has 2 aromatic carbocycles. The van der Waals surface area contributed by atoms with E-state index in [9.17, 15) is 20.3 Å². The molecule has 0 bridgehead atoms. The smallest absolute Gasteiger partial charge is 0.311 e. The summed E-state index contributed by atoms with van der Waals surface area (Å²) in [5, 5.41) is 31.1. The lowest BCUT2D eigenvalue weighted by atomic mass is 10.1. The van der Waals surface area contributed by atoms with Gasteiger partial charge in [0.05, 0.1) is 12.0 Å². The van der Waals surface area contributed by atoms with Gasteiger partial charge in [0.1, 0.15) is 11.3 Å². The summed E-state index contributed by atoms with van der Waals surface area (Å²) in [5.41, 5.74) is 1.60. The zero-order valence-corrected chi connectivity index (χ0v) is 15.8. The Bertz CT molecular complexity index is 1300. The molecule has 9 heteroatoms. The number of aliphatic imine (C=N–C) groups is 1. The number of para-hydroxylation sites is 1. The van der Waals surface area contributed by atoms with E-state index in [1.165, 1.54) is 37.6 Å². The van der Waals surface area contributed by atoms with Gasteiger partial charge < -0.3 is 14.9 Å². The molecule has 0 saturated heterocycles. The molecule has 2 N–H and O–H groups in total. The molecule has 0 aliphatic heterocycles. The van der Waals surface area contributed by atoms with Crippen molar-refractivity contribution < 1.29 is 19.9 Å². The number of phenols is 2. The van der Waals surface area contributed by atoms with Crippen LogP contribution in [0, 0.1) is 10.1 Å². The van der Waals surface area contributed by atoms with Crippen molar-refractivity contribution in [3.63, 3.8) is 0 Å². The molecule has 4 rings (SSSR count). The average Bonchev–Trinajstić information content (AvgIpc) is 3.11. The van der Waals surface area contributed by atoms with Crippen LogP contribution >= 0.6 is 0 Å². The summed E-state index contributed by atoms with van der Waals surface area (Å²) in [5.74, 6) is 0.268. The standard InChI is InChI=1S/C21H16N4O5/c1-30-17-11-13(8-9-16(17)26)19-21(24-10-3-2-7-18(24)23-19)22-12-14-5-4-6-15(20(14)27)25(28)29/h2-12,26-27H,1H3. The third-order valence-corrected chi connectivity index (χ3v) is 4.53. The van der Waals surface area contributed by atoms with Crippen LogP contribution in [0.3, 0.4) is 0 Å². The molecule has 0 aliphatic rings. The lowest BCUT2D eigenvalue weighted by Crippen LogP contribution is -1.92. The maximum Gasteiger partial charge on any atom is 0.311 e. The van der Waals surface area contributed by atoms with Crippen LogP contribution in [0.15, 0.2) is 65.8 Å². The van der Waals surface area contributed by atoms with E-state index in [0.29, 0.717) is 22.7 Å². The summed E-state index contributed by atoms with van der Waals surface area (Å²) in [6, 6.07) is 14.5. The van der Waals surface area contributed by atoms with E-state index in [0.717, 1.165) is 0 Å². The number of hydrogen-bond donors (Lipinski definition) is 2. The highest BCUT2D eigenvalue weighted by atomic mass is 16.6. The molecule has 2 heterocycles. The number of aromatic hydroxyl groups is 2. The molecule has 0 fully saturated rings. The number of ether oxygens (including phenoxy) is 1. The highest BCUT2D eigenvalue weighted by Crippen LogP contribution is 2.36. The Labute approximate surface area is 170 Å². The van der Waals surface area contributed by atoms with Crippen LogP contribution in [0.2, 0.25) is 0 Å². The monoisotopic (exact) mass is 404 g/mol. The topological polar surface area (TPSA) is 122 Å². The number of hydrogen-bond acceptors (Lipinski definition) is 7. The van der Waals surface area contributed by atoms with E-state index in [1.807, 2.05) is 18.2 Å². The molecule has 0 unspecified atom stereocenters.